The van der Waals surface area contributed by atoms with Gasteiger partial charge < -0.3 is 15.0 Å². The summed E-state index contributed by atoms with van der Waals surface area (Å²) in [5.74, 6) is 1.04. The number of anilines is 1. The molecule has 2 rings (SSSR count). The highest BCUT2D eigenvalue weighted by Gasteiger charge is 2.16. The average molecular weight is 283 g/mol. The van der Waals surface area contributed by atoms with E-state index in [1.165, 1.54) is 0 Å². The lowest BCUT2D eigenvalue weighted by Crippen LogP contribution is -1.93. The molecule has 0 fully saturated rings. The van der Waals surface area contributed by atoms with Gasteiger partial charge in [0.1, 0.15) is 5.75 Å². The molecule has 0 saturated heterocycles. The summed E-state index contributed by atoms with van der Waals surface area (Å²) >= 11 is 3.47. The Morgan fingerprint density at radius 3 is 2.75 bits per heavy atom. The van der Waals surface area contributed by atoms with Crippen molar-refractivity contribution < 1.29 is 9.26 Å². The summed E-state index contributed by atoms with van der Waals surface area (Å²) in [6, 6.07) is 3.81. The van der Waals surface area contributed by atoms with Crippen LogP contribution in [0.3, 0.4) is 0 Å². The number of ether oxygens (including phenoxy) is 1. The van der Waals surface area contributed by atoms with Crippen molar-refractivity contribution in [2.24, 2.45) is 0 Å². The third-order valence-electron chi connectivity index (χ3n) is 2.45. The SMILES string of the molecule is COc1ccc(Br)c(C)c1-c1cnoc1N. The maximum atomic E-state index is 5.72. The summed E-state index contributed by atoms with van der Waals surface area (Å²) in [5, 5.41) is 3.67. The quantitative estimate of drug-likeness (QED) is 0.920. The fraction of sp³-hybridized carbons (Fsp3) is 0.182. The number of hydrogen-bond donors (Lipinski definition) is 1. The molecule has 0 bridgehead atoms. The number of nitrogen functional groups attached to an aromatic ring is 1. The first-order valence-corrected chi connectivity index (χ1v) is 5.48. The highest BCUT2D eigenvalue weighted by molar-refractivity contribution is 9.10. The van der Waals surface area contributed by atoms with Gasteiger partial charge in [-0.05, 0) is 24.6 Å². The zero-order valence-corrected chi connectivity index (χ0v) is 10.5. The molecule has 0 aliphatic carbocycles. The van der Waals surface area contributed by atoms with E-state index in [4.69, 9.17) is 15.0 Å². The molecule has 1 heterocycles. The minimum absolute atomic E-state index is 0.291. The zero-order valence-electron chi connectivity index (χ0n) is 8.95. The van der Waals surface area contributed by atoms with Crippen LogP contribution in [0.1, 0.15) is 5.56 Å². The first kappa shape index (κ1) is 11.0. The maximum absolute atomic E-state index is 5.72. The van der Waals surface area contributed by atoms with Gasteiger partial charge in [-0.15, -0.1) is 0 Å². The minimum atomic E-state index is 0.291. The van der Waals surface area contributed by atoms with Gasteiger partial charge in [-0.2, -0.15) is 0 Å². The number of benzene rings is 1. The summed E-state index contributed by atoms with van der Waals surface area (Å²) < 4.78 is 11.2. The number of hydrogen-bond acceptors (Lipinski definition) is 4. The van der Waals surface area contributed by atoms with Gasteiger partial charge in [0.2, 0.25) is 5.88 Å². The monoisotopic (exact) mass is 282 g/mol. The van der Waals surface area contributed by atoms with Crippen LogP contribution in [-0.4, -0.2) is 12.3 Å². The predicted molar refractivity (Wildman–Crippen MR) is 65.3 cm³/mol. The van der Waals surface area contributed by atoms with Crippen LogP contribution in [0.4, 0.5) is 5.88 Å². The van der Waals surface area contributed by atoms with Crippen molar-refractivity contribution >= 4 is 21.8 Å². The summed E-state index contributed by atoms with van der Waals surface area (Å²) in [5.41, 5.74) is 8.40. The molecule has 0 saturated carbocycles. The van der Waals surface area contributed by atoms with Crippen molar-refractivity contribution in [1.29, 1.82) is 0 Å². The minimum Gasteiger partial charge on any atom is -0.496 e. The van der Waals surface area contributed by atoms with Gasteiger partial charge >= 0.3 is 0 Å². The molecule has 1 aromatic heterocycles. The average Bonchev–Trinajstić information content (AvgIpc) is 2.68. The summed E-state index contributed by atoms with van der Waals surface area (Å²) in [7, 11) is 1.62. The molecule has 16 heavy (non-hydrogen) atoms. The molecule has 0 spiro atoms. The molecular formula is C11H11BrN2O2. The molecule has 5 heteroatoms. The molecule has 4 nitrogen and oxygen atoms in total. The second kappa shape index (κ2) is 4.17. The highest BCUT2D eigenvalue weighted by atomic mass is 79.9. The molecule has 2 N–H and O–H groups in total. The molecule has 0 amide bonds. The zero-order chi connectivity index (χ0) is 11.7. The van der Waals surface area contributed by atoms with Gasteiger partial charge in [0.05, 0.1) is 18.9 Å². The van der Waals surface area contributed by atoms with Crippen LogP contribution in [0.25, 0.3) is 11.1 Å². The highest BCUT2D eigenvalue weighted by Crippen LogP contribution is 2.39. The number of nitrogens with two attached hydrogens (primary N) is 1. The lowest BCUT2D eigenvalue weighted by Gasteiger charge is -2.11. The second-order valence-electron chi connectivity index (χ2n) is 3.35. The maximum Gasteiger partial charge on any atom is 0.230 e. The molecule has 0 radical (unpaired) electrons. The molecule has 84 valence electrons. The van der Waals surface area contributed by atoms with Crippen molar-refractivity contribution in [2.75, 3.05) is 12.8 Å². The van der Waals surface area contributed by atoms with E-state index in [1.807, 2.05) is 19.1 Å². The third-order valence-corrected chi connectivity index (χ3v) is 3.31. The first-order valence-electron chi connectivity index (χ1n) is 4.68. The number of aromatic nitrogens is 1. The molecule has 0 atom stereocenters. The number of rotatable bonds is 2. The lowest BCUT2D eigenvalue weighted by molar-refractivity contribution is 0.416. The Balaban J connectivity index is 2.72. The van der Waals surface area contributed by atoms with Crippen LogP contribution in [-0.2, 0) is 0 Å². The molecule has 1 aromatic carbocycles. The first-order chi connectivity index (χ1) is 7.65. The van der Waals surface area contributed by atoms with Gasteiger partial charge in [-0.1, -0.05) is 21.1 Å². The topological polar surface area (TPSA) is 61.3 Å². The molecule has 0 aliphatic heterocycles. The van der Waals surface area contributed by atoms with Crippen molar-refractivity contribution in [2.45, 2.75) is 6.92 Å². The normalized spacial score (nSPS) is 10.4. The Hall–Kier alpha value is -1.49. The van der Waals surface area contributed by atoms with E-state index >= 15 is 0 Å². The van der Waals surface area contributed by atoms with Crippen molar-refractivity contribution in [3.05, 3.63) is 28.4 Å². The Morgan fingerprint density at radius 2 is 2.19 bits per heavy atom. The van der Waals surface area contributed by atoms with Crippen LogP contribution in [0, 0.1) is 6.92 Å². The standard InChI is InChI=1S/C11H11BrN2O2/c1-6-8(12)3-4-9(15-2)10(6)7-5-14-16-11(7)13/h3-5H,13H2,1-2H3. The predicted octanol–water partition coefficient (Wildman–Crippen LogP) is 3.00. The van der Waals surface area contributed by atoms with E-state index in [2.05, 4.69) is 21.1 Å². The fourth-order valence-corrected chi connectivity index (χ4v) is 1.93. The van der Waals surface area contributed by atoms with Gasteiger partial charge in [-0.3, -0.25) is 0 Å². The van der Waals surface area contributed by atoms with E-state index in [0.29, 0.717) is 5.88 Å². The Labute approximate surface area is 102 Å². The number of nitrogens with zero attached hydrogens (tertiary/aromatic N) is 1. The van der Waals surface area contributed by atoms with Gasteiger partial charge in [0, 0.05) is 10.0 Å². The van der Waals surface area contributed by atoms with Crippen LogP contribution < -0.4 is 10.5 Å². The third kappa shape index (κ3) is 1.67. The Kier molecular flexibility index (Phi) is 2.87. The number of halogens is 1. The Bertz CT molecular complexity index is 523. The van der Waals surface area contributed by atoms with Gasteiger partial charge in [0.25, 0.3) is 0 Å². The lowest BCUT2D eigenvalue weighted by atomic mass is 10.0. The number of methoxy groups -OCH3 is 1. The molecule has 0 aliphatic rings. The van der Waals surface area contributed by atoms with Crippen molar-refractivity contribution in [3.8, 4) is 16.9 Å². The second-order valence-corrected chi connectivity index (χ2v) is 4.21. The van der Waals surface area contributed by atoms with E-state index in [-0.39, 0.29) is 0 Å². The smallest absolute Gasteiger partial charge is 0.230 e. The van der Waals surface area contributed by atoms with Crippen molar-refractivity contribution in [3.63, 3.8) is 0 Å². The van der Waals surface area contributed by atoms with E-state index in [1.54, 1.807) is 13.3 Å². The van der Waals surface area contributed by atoms with E-state index in [0.717, 1.165) is 26.9 Å². The summed E-state index contributed by atoms with van der Waals surface area (Å²) in [6.07, 6.45) is 1.59. The van der Waals surface area contributed by atoms with E-state index in [9.17, 15) is 0 Å². The van der Waals surface area contributed by atoms with Crippen LogP contribution in [0.15, 0.2) is 27.3 Å². The molecule has 0 unspecified atom stereocenters. The largest absolute Gasteiger partial charge is 0.496 e. The van der Waals surface area contributed by atoms with Crippen LogP contribution >= 0.6 is 15.9 Å². The van der Waals surface area contributed by atoms with Gasteiger partial charge in [0.15, 0.2) is 0 Å². The molecular weight excluding hydrogens is 272 g/mol. The summed E-state index contributed by atoms with van der Waals surface area (Å²) in [4.78, 5) is 0. The van der Waals surface area contributed by atoms with Gasteiger partial charge in [-0.25, -0.2) is 0 Å². The Morgan fingerprint density at radius 1 is 1.44 bits per heavy atom. The summed E-state index contributed by atoms with van der Waals surface area (Å²) in [6.45, 7) is 1.98. The fourth-order valence-electron chi connectivity index (χ4n) is 1.60. The molecule has 2 aromatic rings. The van der Waals surface area contributed by atoms with E-state index < -0.39 is 0 Å². The van der Waals surface area contributed by atoms with Crippen LogP contribution in [0.2, 0.25) is 0 Å². The van der Waals surface area contributed by atoms with Crippen molar-refractivity contribution in [1.82, 2.24) is 5.16 Å². The van der Waals surface area contributed by atoms with Crippen LogP contribution in [0.5, 0.6) is 5.75 Å².